The number of carbonyl (C=O) groups is 2. The Bertz CT molecular complexity index is 585. The van der Waals surface area contributed by atoms with Crippen molar-refractivity contribution in [3.63, 3.8) is 0 Å². The van der Waals surface area contributed by atoms with Crippen molar-refractivity contribution in [1.29, 1.82) is 0 Å². The van der Waals surface area contributed by atoms with Crippen LogP contribution in [0.2, 0.25) is 0 Å². The number of urea groups is 1. The monoisotopic (exact) mass is 365 g/mol. The van der Waals surface area contributed by atoms with Crippen molar-refractivity contribution < 1.29 is 24.2 Å². The van der Waals surface area contributed by atoms with Gasteiger partial charge in [0.1, 0.15) is 5.75 Å². The first-order valence-electron chi connectivity index (χ1n) is 8.81. The molecule has 1 aromatic rings. The molecule has 1 aliphatic heterocycles. The average molecular weight is 365 g/mol. The highest BCUT2D eigenvalue weighted by atomic mass is 16.6. The van der Waals surface area contributed by atoms with Crippen LogP contribution in [0.1, 0.15) is 31.4 Å². The van der Waals surface area contributed by atoms with Gasteiger partial charge in [-0.1, -0.05) is 12.1 Å². The minimum atomic E-state index is -0.794. The van der Waals surface area contributed by atoms with E-state index in [0.29, 0.717) is 43.9 Å². The predicted molar refractivity (Wildman–Crippen MR) is 96.1 cm³/mol. The first kappa shape index (κ1) is 19.8. The minimum Gasteiger partial charge on any atom is -0.497 e. The SMILES string of the molecule is CCOC(=O)N1CCC(NC(=O)NCC(O)c2ccc(OC)cc2)CC1. The molecule has 2 rings (SSSR count). The molecule has 0 aliphatic carbocycles. The smallest absolute Gasteiger partial charge is 0.409 e. The number of aliphatic hydroxyl groups is 1. The van der Waals surface area contributed by atoms with Gasteiger partial charge in [-0.25, -0.2) is 9.59 Å². The fourth-order valence-corrected chi connectivity index (χ4v) is 2.79. The molecule has 0 radical (unpaired) electrons. The Kier molecular flexibility index (Phi) is 7.53. The van der Waals surface area contributed by atoms with E-state index >= 15 is 0 Å². The number of carbonyl (C=O) groups excluding carboxylic acids is 2. The van der Waals surface area contributed by atoms with E-state index in [2.05, 4.69) is 10.6 Å². The van der Waals surface area contributed by atoms with E-state index < -0.39 is 6.10 Å². The zero-order chi connectivity index (χ0) is 18.9. The van der Waals surface area contributed by atoms with Crippen molar-refractivity contribution in [2.24, 2.45) is 0 Å². The van der Waals surface area contributed by atoms with Gasteiger partial charge in [-0.15, -0.1) is 0 Å². The summed E-state index contributed by atoms with van der Waals surface area (Å²) in [5.41, 5.74) is 0.703. The van der Waals surface area contributed by atoms with E-state index in [1.807, 2.05) is 0 Å². The zero-order valence-corrected chi connectivity index (χ0v) is 15.2. The second-order valence-electron chi connectivity index (χ2n) is 6.10. The highest BCUT2D eigenvalue weighted by molar-refractivity contribution is 5.74. The molecule has 0 bridgehead atoms. The van der Waals surface area contributed by atoms with Gasteiger partial charge in [-0.3, -0.25) is 0 Å². The maximum absolute atomic E-state index is 12.0. The van der Waals surface area contributed by atoms with Gasteiger partial charge < -0.3 is 30.1 Å². The van der Waals surface area contributed by atoms with Crippen LogP contribution >= 0.6 is 0 Å². The first-order valence-corrected chi connectivity index (χ1v) is 8.81. The summed E-state index contributed by atoms with van der Waals surface area (Å²) in [7, 11) is 1.58. The van der Waals surface area contributed by atoms with E-state index in [0.717, 1.165) is 0 Å². The van der Waals surface area contributed by atoms with Crippen molar-refractivity contribution in [3.8, 4) is 5.75 Å². The fraction of sp³-hybridized carbons (Fsp3) is 0.556. The molecule has 144 valence electrons. The normalized spacial score (nSPS) is 15.9. The summed E-state index contributed by atoms with van der Waals surface area (Å²) in [6, 6.07) is 6.71. The van der Waals surface area contributed by atoms with Crippen LogP contribution in [-0.4, -0.2) is 61.5 Å². The first-order chi connectivity index (χ1) is 12.5. The molecular weight excluding hydrogens is 338 g/mol. The Hall–Kier alpha value is -2.48. The summed E-state index contributed by atoms with van der Waals surface area (Å²) in [5, 5.41) is 15.7. The summed E-state index contributed by atoms with van der Waals surface area (Å²) < 4.78 is 10.0. The second kappa shape index (κ2) is 9.86. The van der Waals surface area contributed by atoms with Crippen molar-refractivity contribution in [2.75, 3.05) is 33.4 Å². The molecule has 0 saturated carbocycles. The lowest BCUT2D eigenvalue weighted by Crippen LogP contribution is -2.49. The van der Waals surface area contributed by atoms with E-state index in [-0.39, 0.29) is 24.7 Å². The number of hydrogen-bond donors (Lipinski definition) is 3. The Balaban J connectivity index is 1.69. The van der Waals surface area contributed by atoms with Crippen LogP contribution in [0.15, 0.2) is 24.3 Å². The van der Waals surface area contributed by atoms with Crippen molar-refractivity contribution >= 4 is 12.1 Å². The number of amides is 3. The number of nitrogens with zero attached hydrogens (tertiary/aromatic N) is 1. The maximum atomic E-state index is 12.0. The summed E-state index contributed by atoms with van der Waals surface area (Å²) in [6.07, 6.45) is 0.246. The van der Waals surface area contributed by atoms with Crippen LogP contribution in [0.5, 0.6) is 5.75 Å². The number of benzene rings is 1. The van der Waals surface area contributed by atoms with Crippen LogP contribution in [0, 0.1) is 0 Å². The number of rotatable bonds is 6. The summed E-state index contributed by atoms with van der Waals surface area (Å²) in [6.45, 7) is 3.35. The summed E-state index contributed by atoms with van der Waals surface area (Å²) >= 11 is 0. The molecular formula is C18H27N3O5. The van der Waals surface area contributed by atoms with Crippen LogP contribution < -0.4 is 15.4 Å². The van der Waals surface area contributed by atoms with Crippen molar-refractivity contribution in [2.45, 2.75) is 31.9 Å². The Morgan fingerprint density at radius 1 is 1.27 bits per heavy atom. The van der Waals surface area contributed by atoms with E-state index in [4.69, 9.17) is 9.47 Å². The van der Waals surface area contributed by atoms with E-state index in [1.54, 1.807) is 43.2 Å². The number of nitrogens with one attached hydrogen (secondary N) is 2. The Morgan fingerprint density at radius 3 is 2.50 bits per heavy atom. The third kappa shape index (κ3) is 5.80. The molecule has 3 amide bonds. The van der Waals surface area contributed by atoms with Gasteiger partial charge in [0.2, 0.25) is 0 Å². The molecule has 1 unspecified atom stereocenters. The lowest BCUT2D eigenvalue weighted by molar-refractivity contribution is 0.0956. The molecule has 8 nitrogen and oxygen atoms in total. The second-order valence-corrected chi connectivity index (χ2v) is 6.10. The van der Waals surface area contributed by atoms with Gasteiger partial charge in [-0.2, -0.15) is 0 Å². The van der Waals surface area contributed by atoms with Gasteiger partial charge >= 0.3 is 12.1 Å². The maximum Gasteiger partial charge on any atom is 0.409 e. The largest absolute Gasteiger partial charge is 0.497 e. The molecule has 0 aromatic heterocycles. The lowest BCUT2D eigenvalue weighted by atomic mass is 10.1. The molecule has 1 saturated heterocycles. The topological polar surface area (TPSA) is 100 Å². The molecule has 3 N–H and O–H groups in total. The molecule has 1 aliphatic rings. The third-order valence-corrected chi connectivity index (χ3v) is 4.31. The number of likely N-dealkylation sites (tertiary alicyclic amines) is 1. The Morgan fingerprint density at radius 2 is 1.92 bits per heavy atom. The predicted octanol–water partition coefficient (Wildman–Crippen LogP) is 1.65. The molecule has 26 heavy (non-hydrogen) atoms. The average Bonchev–Trinajstić information content (AvgIpc) is 2.67. The van der Waals surface area contributed by atoms with Gasteiger partial charge in [0, 0.05) is 25.7 Å². The van der Waals surface area contributed by atoms with E-state index in [9.17, 15) is 14.7 Å². The number of ether oxygens (including phenoxy) is 2. The molecule has 1 fully saturated rings. The molecule has 1 aromatic carbocycles. The summed E-state index contributed by atoms with van der Waals surface area (Å²) in [4.78, 5) is 25.3. The fourth-order valence-electron chi connectivity index (χ4n) is 2.79. The van der Waals surface area contributed by atoms with E-state index in [1.165, 1.54) is 0 Å². The van der Waals surface area contributed by atoms with Crippen molar-refractivity contribution in [3.05, 3.63) is 29.8 Å². The van der Waals surface area contributed by atoms with Gasteiger partial charge in [0.05, 0.1) is 19.8 Å². The molecule has 8 heteroatoms. The quantitative estimate of drug-likeness (QED) is 0.712. The van der Waals surface area contributed by atoms with Gasteiger partial charge in [0.25, 0.3) is 0 Å². The zero-order valence-electron chi connectivity index (χ0n) is 15.2. The minimum absolute atomic E-state index is 0.00111. The van der Waals surface area contributed by atoms with Crippen LogP contribution in [0.25, 0.3) is 0 Å². The highest BCUT2D eigenvalue weighted by Crippen LogP contribution is 2.17. The van der Waals surface area contributed by atoms with Crippen molar-refractivity contribution in [1.82, 2.24) is 15.5 Å². The third-order valence-electron chi connectivity index (χ3n) is 4.31. The molecule has 1 heterocycles. The molecule has 1 atom stereocenters. The Labute approximate surface area is 153 Å². The van der Waals surface area contributed by atoms with Crippen LogP contribution in [0.3, 0.4) is 0 Å². The standard InChI is InChI=1S/C18H27N3O5/c1-3-26-18(24)21-10-8-14(9-11-21)20-17(23)19-12-16(22)13-4-6-15(25-2)7-5-13/h4-7,14,16,22H,3,8-12H2,1-2H3,(H2,19,20,23). The number of piperidine rings is 1. The van der Waals surface area contributed by atoms with Gasteiger partial charge in [0.15, 0.2) is 0 Å². The lowest BCUT2D eigenvalue weighted by Gasteiger charge is -2.31. The van der Waals surface area contributed by atoms with Gasteiger partial charge in [-0.05, 0) is 37.5 Å². The summed E-state index contributed by atoms with van der Waals surface area (Å²) in [5.74, 6) is 0.709. The number of aliphatic hydroxyl groups excluding tert-OH is 1. The number of methoxy groups -OCH3 is 1. The molecule has 0 spiro atoms. The van der Waals surface area contributed by atoms with Crippen LogP contribution in [0.4, 0.5) is 9.59 Å². The van der Waals surface area contributed by atoms with Crippen LogP contribution in [-0.2, 0) is 4.74 Å². The highest BCUT2D eigenvalue weighted by Gasteiger charge is 2.24. The number of hydrogen-bond acceptors (Lipinski definition) is 5.